The number of H-pyrrole nitrogens is 1. The monoisotopic (exact) mass is 521 g/mol. The molecule has 2 N–H and O–H groups in total. The minimum atomic E-state index is -0.321. The van der Waals surface area contributed by atoms with Gasteiger partial charge in [-0.1, -0.05) is 37.3 Å². The fourth-order valence-electron chi connectivity index (χ4n) is 5.75. The van der Waals surface area contributed by atoms with Crippen molar-refractivity contribution in [2.45, 2.75) is 39.3 Å². The van der Waals surface area contributed by atoms with Crippen molar-refractivity contribution in [2.75, 3.05) is 19.7 Å². The number of aromatic amines is 1. The van der Waals surface area contributed by atoms with Gasteiger partial charge in [0.1, 0.15) is 30.0 Å². The second-order valence-electron chi connectivity index (χ2n) is 10.9. The van der Waals surface area contributed by atoms with Crippen molar-refractivity contribution < 1.29 is 14.6 Å². The summed E-state index contributed by atoms with van der Waals surface area (Å²) in [7, 11) is 0. The van der Waals surface area contributed by atoms with E-state index < -0.39 is 0 Å². The fraction of sp³-hybridized carbons (Fsp3) is 0.303. The normalized spacial score (nSPS) is 20.0. The van der Waals surface area contributed by atoms with Crippen molar-refractivity contribution >= 4 is 11.1 Å². The Morgan fingerprint density at radius 1 is 1.08 bits per heavy atom. The van der Waals surface area contributed by atoms with Crippen LogP contribution in [-0.4, -0.2) is 45.9 Å². The van der Waals surface area contributed by atoms with Crippen LogP contribution >= 0.6 is 0 Å². The first-order valence-corrected chi connectivity index (χ1v) is 13.7. The molecule has 200 valence electrons. The molecule has 0 aliphatic carbocycles. The summed E-state index contributed by atoms with van der Waals surface area (Å²) in [6.07, 6.45) is 4.65. The molecule has 0 bridgehead atoms. The molecule has 3 heterocycles. The van der Waals surface area contributed by atoms with Crippen molar-refractivity contribution in [3.05, 3.63) is 95.8 Å². The summed E-state index contributed by atoms with van der Waals surface area (Å²) in [6, 6.07) is 22.3. The summed E-state index contributed by atoms with van der Waals surface area (Å²) in [5.41, 5.74) is 7.25. The van der Waals surface area contributed by atoms with Gasteiger partial charge < -0.3 is 14.6 Å². The smallest absolute Gasteiger partial charge is 0.150 e. The van der Waals surface area contributed by atoms with Crippen molar-refractivity contribution in [1.29, 1.82) is 0 Å². The first-order chi connectivity index (χ1) is 19.0. The number of ether oxygens (including phenoxy) is 2. The molecule has 2 aliphatic rings. The standard InChI is InChI=1S/C33H35N3O3/c1-21-13-14-36(19-21)22(2)20-38-29-10-7-24(8-11-29)33-32(26-5-4-6-28(37)15-26)23(3)30-16-25(9-12-31(30)39-33)27-17-34-35-18-27/h4-12,15-18,21-22,33,37H,13-14,19-20H2,1-3H3,(H,34,35). The van der Waals surface area contributed by atoms with E-state index in [1.54, 1.807) is 12.1 Å². The van der Waals surface area contributed by atoms with Gasteiger partial charge in [-0.15, -0.1) is 0 Å². The molecule has 0 radical (unpaired) electrons. The number of hydrogen-bond acceptors (Lipinski definition) is 5. The second kappa shape index (κ2) is 10.6. The van der Waals surface area contributed by atoms with Crippen LogP contribution in [0.5, 0.6) is 17.2 Å². The number of hydrogen-bond donors (Lipinski definition) is 2. The Bertz CT molecular complexity index is 1480. The third-order valence-electron chi connectivity index (χ3n) is 8.04. The molecule has 1 aromatic heterocycles. The highest BCUT2D eigenvalue weighted by atomic mass is 16.5. The Kier molecular flexibility index (Phi) is 6.88. The first kappa shape index (κ1) is 25.3. The molecule has 6 heteroatoms. The zero-order chi connectivity index (χ0) is 26.9. The molecule has 1 saturated heterocycles. The fourth-order valence-corrected chi connectivity index (χ4v) is 5.75. The Balaban J connectivity index is 1.29. The number of likely N-dealkylation sites (tertiary alicyclic amines) is 1. The molecule has 0 saturated carbocycles. The van der Waals surface area contributed by atoms with E-state index in [2.05, 4.69) is 60.1 Å². The van der Waals surface area contributed by atoms with Gasteiger partial charge in [0.2, 0.25) is 0 Å². The Morgan fingerprint density at radius 2 is 1.92 bits per heavy atom. The first-order valence-electron chi connectivity index (χ1n) is 13.7. The van der Waals surface area contributed by atoms with Gasteiger partial charge in [-0.25, -0.2) is 0 Å². The zero-order valence-electron chi connectivity index (χ0n) is 22.7. The SMILES string of the molecule is CC1=C(c2cccc(O)c2)C(c2ccc(OCC(C)N3CCC(C)C3)cc2)Oc2ccc(-c3cn[nH]c3)cc21. The topological polar surface area (TPSA) is 70.6 Å². The van der Waals surface area contributed by atoms with Crippen molar-refractivity contribution in [1.82, 2.24) is 15.1 Å². The highest BCUT2D eigenvalue weighted by Gasteiger charge is 2.30. The van der Waals surface area contributed by atoms with Crippen LogP contribution in [0.15, 0.2) is 79.1 Å². The molecule has 6 rings (SSSR count). The number of aromatic hydroxyl groups is 1. The highest BCUT2D eigenvalue weighted by molar-refractivity contribution is 5.96. The summed E-state index contributed by atoms with van der Waals surface area (Å²) >= 11 is 0. The molecular weight excluding hydrogens is 486 g/mol. The predicted octanol–water partition coefficient (Wildman–Crippen LogP) is 6.96. The van der Waals surface area contributed by atoms with Crippen molar-refractivity contribution in [2.24, 2.45) is 5.92 Å². The van der Waals surface area contributed by atoms with Crippen LogP contribution in [0.1, 0.15) is 50.0 Å². The van der Waals surface area contributed by atoms with E-state index in [-0.39, 0.29) is 11.9 Å². The molecule has 4 aromatic rings. The van der Waals surface area contributed by atoms with E-state index in [0.717, 1.165) is 69.5 Å². The largest absolute Gasteiger partial charge is 0.508 e. The number of benzene rings is 3. The Hall–Kier alpha value is -4.03. The van der Waals surface area contributed by atoms with Crippen LogP contribution in [0.2, 0.25) is 0 Å². The number of nitrogens with one attached hydrogen (secondary N) is 1. The second-order valence-corrected chi connectivity index (χ2v) is 10.9. The summed E-state index contributed by atoms with van der Waals surface area (Å²) in [5.74, 6) is 2.69. The quantitative estimate of drug-likeness (QED) is 0.275. The summed E-state index contributed by atoms with van der Waals surface area (Å²) in [6.45, 7) is 9.66. The van der Waals surface area contributed by atoms with E-state index in [4.69, 9.17) is 9.47 Å². The molecule has 39 heavy (non-hydrogen) atoms. The average molecular weight is 522 g/mol. The van der Waals surface area contributed by atoms with Crippen LogP contribution in [0, 0.1) is 5.92 Å². The number of nitrogens with zero attached hydrogens (tertiary/aromatic N) is 2. The minimum absolute atomic E-state index is 0.231. The van der Waals surface area contributed by atoms with Crippen LogP contribution in [0.4, 0.5) is 0 Å². The van der Waals surface area contributed by atoms with Gasteiger partial charge in [0.05, 0.1) is 6.20 Å². The number of fused-ring (bicyclic) bond motifs is 1. The number of allylic oxidation sites excluding steroid dienone is 1. The van der Waals surface area contributed by atoms with Crippen LogP contribution in [0.25, 0.3) is 22.3 Å². The molecule has 6 nitrogen and oxygen atoms in total. The highest BCUT2D eigenvalue weighted by Crippen LogP contribution is 2.48. The lowest BCUT2D eigenvalue weighted by Crippen LogP contribution is -2.35. The Morgan fingerprint density at radius 3 is 2.64 bits per heavy atom. The van der Waals surface area contributed by atoms with Crippen LogP contribution < -0.4 is 9.47 Å². The van der Waals surface area contributed by atoms with Gasteiger partial charge in [-0.3, -0.25) is 10.00 Å². The number of phenols is 1. The van der Waals surface area contributed by atoms with E-state index in [9.17, 15) is 5.11 Å². The summed E-state index contributed by atoms with van der Waals surface area (Å²) < 4.78 is 12.8. The lowest BCUT2D eigenvalue weighted by atomic mass is 9.85. The number of aromatic nitrogens is 2. The van der Waals surface area contributed by atoms with E-state index in [1.165, 1.54) is 6.42 Å². The Labute approximate surface area is 229 Å². The summed E-state index contributed by atoms with van der Waals surface area (Å²) in [5, 5.41) is 17.3. The van der Waals surface area contributed by atoms with E-state index >= 15 is 0 Å². The predicted molar refractivity (Wildman–Crippen MR) is 155 cm³/mol. The average Bonchev–Trinajstić information content (AvgIpc) is 3.64. The van der Waals surface area contributed by atoms with Crippen molar-refractivity contribution in [3.63, 3.8) is 0 Å². The van der Waals surface area contributed by atoms with Crippen molar-refractivity contribution in [3.8, 4) is 28.4 Å². The maximum Gasteiger partial charge on any atom is 0.150 e. The van der Waals surface area contributed by atoms with Gasteiger partial charge in [-0.2, -0.15) is 5.10 Å². The molecule has 3 atom stereocenters. The molecule has 2 aliphatic heterocycles. The zero-order valence-corrected chi connectivity index (χ0v) is 22.7. The van der Waals surface area contributed by atoms with Gasteiger partial charge in [-0.05, 0) is 91.4 Å². The molecule has 3 aromatic carbocycles. The molecule has 3 unspecified atom stereocenters. The van der Waals surface area contributed by atoms with E-state index in [1.807, 2.05) is 42.7 Å². The molecular formula is C33H35N3O3. The van der Waals surface area contributed by atoms with Gasteiger partial charge in [0.15, 0.2) is 0 Å². The van der Waals surface area contributed by atoms with Gasteiger partial charge in [0, 0.05) is 35.5 Å². The van der Waals surface area contributed by atoms with Gasteiger partial charge >= 0.3 is 0 Å². The maximum absolute atomic E-state index is 10.3. The third kappa shape index (κ3) is 5.17. The summed E-state index contributed by atoms with van der Waals surface area (Å²) in [4.78, 5) is 2.51. The van der Waals surface area contributed by atoms with Gasteiger partial charge in [0.25, 0.3) is 0 Å². The van der Waals surface area contributed by atoms with Crippen LogP contribution in [0.3, 0.4) is 0 Å². The number of phenolic OH excluding ortho intramolecular Hbond substituents is 1. The maximum atomic E-state index is 10.3. The molecule has 0 spiro atoms. The van der Waals surface area contributed by atoms with E-state index in [0.29, 0.717) is 12.6 Å². The molecule has 1 fully saturated rings. The number of rotatable bonds is 7. The molecule has 0 amide bonds. The minimum Gasteiger partial charge on any atom is -0.508 e. The third-order valence-corrected chi connectivity index (χ3v) is 8.04. The van der Waals surface area contributed by atoms with Crippen LogP contribution in [-0.2, 0) is 0 Å². The lowest BCUT2D eigenvalue weighted by molar-refractivity contribution is 0.169. The lowest BCUT2D eigenvalue weighted by Gasteiger charge is -2.31.